The van der Waals surface area contributed by atoms with Crippen LogP contribution in [0.3, 0.4) is 0 Å². The monoisotopic (exact) mass is 356 g/mol. The standard InChI is InChI=1S/C19H28N6O/c1-13(2)18-23-19-15(9-6-10-25(19)24-18)21-16-11-20-12-17(22-16)26-14-7-4-3-5-8-14/h11-15H,3-10H2,1-2H3,(H,21,22). The van der Waals surface area contributed by atoms with Crippen molar-refractivity contribution in [2.45, 2.75) is 83.4 Å². The average Bonchev–Trinajstić information content (AvgIpc) is 3.09. The van der Waals surface area contributed by atoms with Gasteiger partial charge in [-0.1, -0.05) is 20.3 Å². The van der Waals surface area contributed by atoms with Gasteiger partial charge < -0.3 is 10.1 Å². The lowest BCUT2D eigenvalue weighted by molar-refractivity contribution is 0.148. The minimum Gasteiger partial charge on any atom is -0.473 e. The predicted octanol–water partition coefficient (Wildman–Crippen LogP) is 3.85. The van der Waals surface area contributed by atoms with E-state index >= 15 is 0 Å². The lowest BCUT2D eigenvalue weighted by Gasteiger charge is -2.24. The molecule has 1 aliphatic carbocycles. The van der Waals surface area contributed by atoms with E-state index in [0.29, 0.717) is 11.8 Å². The van der Waals surface area contributed by atoms with Gasteiger partial charge in [0.05, 0.1) is 18.4 Å². The predicted molar refractivity (Wildman–Crippen MR) is 99.2 cm³/mol. The van der Waals surface area contributed by atoms with E-state index in [1.54, 1.807) is 12.4 Å². The molecule has 1 aliphatic heterocycles. The molecule has 2 aromatic heterocycles. The quantitative estimate of drug-likeness (QED) is 0.877. The van der Waals surface area contributed by atoms with Gasteiger partial charge in [0.15, 0.2) is 5.82 Å². The maximum Gasteiger partial charge on any atom is 0.234 e. The van der Waals surface area contributed by atoms with Gasteiger partial charge in [0.1, 0.15) is 17.7 Å². The van der Waals surface area contributed by atoms with Crippen LogP contribution in [-0.2, 0) is 6.54 Å². The molecule has 0 spiro atoms. The number of aryl methyl sites for hydroxylation is 1. The minimum absolute atomic E-state index is 0.114. The molecule has 0 bridgehead atoms. The highest BCUT2D eigenvalue weighted by Crippen LogP contribution is 2.28. The number of hydrogen-bond donors (Lipinski definition) is 1. The highest BCUT2D eigenvalue weighted by atomic mass is 16.5. The van der Waals surface area contributed by atoms with E-state index in [-0.39, 0.29) is 12.1 Å². The van der Waals surface area contributed by atoms with Crippen LogP contribution in [0.15, 0.2) is 12.4 Å². The Morgan fingerprint density at radius 2 is 1.92 bits per heavy atom. The molecule has 3 heterocycles. The largest absolute Gasteiger partial charge is 0.473 e. The Morgan fingerprint density at radius 1 is 1.08 bits per heavy atom. The molecule has 7 heteroatoms. The molecular formula is C19H28N6O. The number of nitrogens with one attached hydrogen (secondary N) is 1. The van der Waals surface area contributed by atoms with E-state index in [1.807, 2.05) is 4.68 Å². The van der Waals surface area contributed by atoms with E-state index in [9.17, 15) is 0 Å². The maximum atomic E-state index is 6.04. The number of nitrogens with zero attached hydrogens (tertiary/aromatic N) is 5. The highest BCUT2D eigenvalue weighted by Gasteiger charge is 2.25. The first kappa shape index (κ1) is 17.2. The van der Waals surface area contributed by atoms with Crippen molar-refractivity contribution < 1.29 is 4.74 Å². The van der Waals surface area contributed by atoms with E-state index in [2.05, 4.69) is 34.2 Å². The Balaban J connectivity index is 1.47. The Bertz CT molecular complexity index is 737. The third-order valence-corrected chi connectivity index (χ3v) is 5.18. The summed E-state index contributed by atoms with van der Waals surface area (Å²) in [5, 5.41) is 8.13. The lowest BCUT2D eigenvalue weighted by atomic mass is 9.98. The second kappa shape index (κ2) is 7.60. The Morgan fingerprint density at radius 3 is 2.73 bits per heavy atom. The van der Waals surface area contributed by atoms with Gasteiger partial charge in [-0.2, -0.15) is 10.1 Å². The summed E-state index contributed by atoms with van der Waals surface area (Å²) in [7, 11) is 0. The molecule has 1 fully saturated rings. The number of fused-ring (bicyclic) bond motifs is 1. The zero-order chi connectivity index (χ0) is 17.9. The molecule has 140 valence electrons. The lowest BCUT2D eigenvalue weighted by Crippen LogP contribution is -2.23. The summed E-state index contributed by atoms with van der Waals surface area (Å²) in [5.41, 5.74) is 0. The van der Waals surface area contributed by atoms with Crippen LogP contribution in [0.1, 0.15) is 82.4 Å². The number of anilines is 1. The first-order valence-corrected chi connectivity index (χ1v) is 9.89. The van der Waals surface area contributed by atoms with Crippen LogP contribution in [0.25, 0.3) is 0 Å². The molecule has 4 rings (SSSR count). The molecule has 26 heavy (non-hydrogen) atoms. The van der Waals surface area contributed by atoms with Crippen LogP contribution in [0.4, 0.5) is 5.82 Å². The van der Waals surface area contributed by atoms with Crippen LogP contribution in [0.5, 0.6) is 5.88 Å². The van der Waals surface area contributed by atoms with Crippen molar-refractivity contribution in [1.82, 2.24) is 24.7 Å². The summed E-state index contributed by atoms with van der Waals surface area (Å²) in [5.74, 6) is 3.60. The van der Waals surface area contributed by atoms with Crippen LogP contribution >= 0.6 is 0 Å². The minimum atomic E-state index is 0.114. The molecular weight excluding hydrogens is 328 g/mol. The van der Waals surface area contributed by atoms with Crippen molar-refractivity contribution in [2.24, 2.45) is 0 Å². The van der Waals surface area contributed by atoms with Crippen LogP contribution < -0.4 is 10.1 Å². The normalized spacial score (nSPS) is 20.8. The van der Waals surface area contributed by atoms with E-state index in [1.165, 1.54) is 19.3 Å². The van der Waals surface area contributed by atoms with Crippen LogP contribution in [0.2, 0.25) is 0 Å². The number of rotatable bonds is 5. The summed E-state index contributed by atoms with van der Waals surface area (Å²) < 4.78 is 8.08. The summed E-state index contributed by atoms with van der Waals surface area (Å²) >= 11 is 0. The highest BCUT2D eigenvalue weighted by molar-refractivity contribution is 5.36. The van der Waals surface area contributed by atoms with Crippen molar-refractivity contribution in [2.75, 3.05) is 5.32 Å². The fourth-order valence-electron chi connectivity index (χ4n) is 3.76. The van der Waals surface area contributed by atoms with E-state index in [4.69, 9.17) is 9.72 Å². The van der Waals surface area contributed by atoms with Gasteiger partial charge in [0, 0.05) is 12.5 Å². The van der Waals surface area contributed by atoms with E-state index < -0.39 is 0 Å². The average molecular weight is 356 g/mol. The van der Waals surface area contributed by atoms with Gasteiger partial charge in [0.25, 0.3) is 0 Å². The molecule has 7 nitrogen and oxygen atoms in total. The van der Waals surface area contributed by atoms with Gasteiger partial charge in [-0.3, -0.25) is 4.98 Å². The van der Waals surface area contributed by atoms with Gasteiger partial charge in [-0.15, -0.1) is 0 Å². The zero-order valence-electron chi connectivity index (χ0n) is 15.7. The molecule has 2 aromatic rings. The van der Waals surface area contributed by atoms with Crippen molar-refractivity contribution in [3.63, 3.8) is 0 Å². The molecule has 2 aliphatic rings. The van der Waals surface area contributed by atoms with Gasteiger partial charge in [-0.25, -0.2) is 9.67 Å². The maximum absolute atomic E-state index is 6.04. The van der Waals surface area contributed by atoms with Gasteiger partial charge in [-0.05, 0) is 38.5 Å². The van der Waals surface area contributed by atoms with E-state index in [0.717, 1.165) is 49.7 Å². The van der Waals surface area contributed by atoms with Crippen molar-refractivity contribution >= 4 is 5.82 Å². The third-order valence-electron chi connectivity index (χ3n) is 5.18. The van der Waals surface area contributed by atoms with Gasteiger partial charge in [0.2, 0.25) is 5.88 Å². The Hall–Kier alpha value is -2.18. The molecule has 0 amide bonds. The summed E-state index contributed by atoms with van der Waals surface area (Å²) in [6.45, 7) is 5.19. The molecule has 1 atom stereocenters. The fraction of sp³-hybridized carbons (Fsp3) is 0.684. The number of ether oxygens (including phenoxy) is 1. The molecule has 0 saturated heterocycles. The Kier molecular flexibility index (Phi) is 5.04. The smallest absolute Gasteiger partial charge is 0.234 e. The second-order valence-corrected chi connectivity index (χ2v) is 7.67. The summed E-state index contributed by atoms with van der Waals surface area (Å²) in [6, 6.07) is 0.114. The van der Waals surface area contributed by atoms with Gasteiger partial charge >= 0.3 is 0 Å². The second-order valence-electron chi connectivity index (χ2n) is 7.67. The molecule has 1 unspecified atom stereocenters. The van der Waals surface area contributed by atoms with Crippen molar-refractivity contribution in [3.05, 3.63) is 24.0 Å². The number of hydrogen-bond acceptors (Lipinski definition) is 6. The summed E-state index contributed by atoms with van der Waals surface area (Å²) in [6.07, 6.45) is 11.9. The molecule has 0 radical (unpaired) electrons. The van der Waals surface area contributed by atoms with Crippen molar-refractivity contribution in [1.29, 1.82) is 0 Å². The molecule has 1 saturated carbocycles. The number of aromatic nitrogens is 5. The SMILES string of the molecule is CC(C)c1nc2n(n1)CCCC2Nc1cncc(OC2CCCCC2)n1. The third kappa shape index (κ3) is 3.81. The first-order valence-electron chi connectivity index (χ1n) is 9.89. The fourth-order valence-corrected chi connectivity index (χ4v) is 3.76. The molecule has 0 aromatic carbocycles. The topological polar surface area (TPSA) is 77.8 Å². The summed E-state index contributed by atoms with van der Waals surface area (Å²) in [4.78, 5) is 13.7. The zero-order valence-corrected chi connectivity index (χ0v) is 15.7. The van der Waals surface area contributed by atoms with Crippen LogP contribution in [-0.4, -0.2) is 30.8 Å². The van der Waals surface area contributed by atoms with Crippen molar-refractivity contribution in [3.8, 4) is 5.88 Å². The van der Waals surface area contributed by atoms with Crippen LogP contribution in [0, 0.1) is 0 Å². The first-order chi connectivity index (χ1) is 12.7. The Labute approximate surface area is 154 Å². The molecule has 1 N–H and O–H groups in total.